The van der Waals surface area contributed by atoms with Gasteiger partial charge in [-0.3, -0.25) is 0 Å². The maximum absolute atomic E-state index is 5.67. The summed E-state index contributed by atoms with van der Waals surface area (Å²) in [5.41, 5.74) is 1.36. The number of aryl methyl sites for hydroxylation is 1. The van der Waals surface area contributed by atoms with Gasteiger partial charge in [0, 0.05) is 18.4 Å². The number of rotatable bonds is 8. The van der Waals surface area contributed by atoms with Crippen molar-refractivity contribution in [2.75, 3.05) is 6.61 Å². The van der Waals surface area contributed by atoms with Crippen LogP contribution in [-0.4, -0.2) is 16.2 Å². The van der Waals surface area contributed by atoms with Gasteiger partial charge in [-0.05, 0) is 43.9 Å². The second-order valence-corrected chi connectivity index (χ2v) is 5.24. The zero-order chi connectivity index (χ0) is 14.2. The molecule has 1 unspecified atom stereocenters. The van der Waals surface area contributed by atoms with Crippen LogP contribution in [0.5, 0.6) is 5.75 Å². The van der Waals surface area contributed by atoms with E-state index < -0.39 is 0 Å². The fourth-order valence-electron chi connectivity index (χ4n) is 2.14. The molecule has 3 nitrogen and oxygen atoms in total. The van der Waals surface area contributed by atoms with E-state index in [0.29, 0.717) is 6.04 Å². The van der Waals surface area contributed by atoms with Gasteiger partial charge in [0.2, 0.25) is 0 Å². The highest BCUT2D eigenvalue weighted by Crippen LogP contribution is 2.17. The molecule has 0 bridgehead atoms. The van der Waals surface area contributed by atoms with Gasteiger partial charge >= 0.3 is 0 Å². The minimum atomic E-state index is 0.484. The number of aromatic nitrogens is 2. The topological polar surface area (TPSA) is 27.1 Å². The SMILES string of the molecule is CCCCOc1ccc(CCC(C)n2ccnc2)cc1. The van der Waals surface area contributed by atoms with Gasteiger partial charge < -0.3 is 9.30 Å². The summed E-state index contributed by atoms with van der Waals surface area (Å²) in [6, 6.07) is 8.97. The van der Waals surface area contributed by atoms with Crippen LogP contribution in [0.4, 0.5) is 0 Å². The molecule has 0 fully saturated rings. The van der Waals surface area contributed by atoms with E-state index in [1.807, 2.05) is 18.7 Å². The van der Waals surface area contributed by atoms with Crippen LogP contribution in [0, 0.1) is 0 Å². The molecule has 20 heavy (non-hydrogen) atoms. The fourth-order valence-corrected chi connectivity index (χ4v) is 2.14. The first-order chi connectivity index (χ1) is 9.79. The Morgan fingerprint density at radius 3 is 2.70 bits per heavy atom. The van der Waals surface area contributed by atoms with Crippen molar-refractivity contribution < 1.29 is 4.74 Å². The Morgan fingerprint density at radius 2 is 2.05 bits per heavy atom. The van der Waals surface area contributed by atoms with Gasteiger partial charge in [-0.25, -0.2) is 4.98 Å². The molecule has 0 saturated heterocycles. The molecule has 1 heterocycles. The zero-order valence-electron chi connectivity index (χ0n) is 12.5. The average molecular weight is 272 g/mol. The summed E-state index contributed by atoms with van der Waals surface area (Å²) in [5, 5.41) is 0. The van der Waals surface area contributed by atoms with Crippen molar-refractivity contribution in [1.29, 1.82) is 0 Å². The van der Waals surface area contributed by atoms with E-state index in [-0.39, 0.29) is 0 Å². The first-order valence-corrected chi connectivity index (χ1v) is 7.48. The summed E-state index contributed by atoms with van der Waals surface area (Å²) in [6.07, 6.45) is 10.2. The normalized spacial score (nSPS) is 12.3. The van der Waals surface area contributed by atoms with Gasteiger partial charge in [-0.2, -0.15) is 0 Å². The number of ether oxygens (including phenoxy) is 1. The number of benzene rings is 1. The molecule has 1 atom stereocenters. The highest BCUT2D eigenvalue weighted by atomic mass is 16.5. The predicted octanol–water partition coefficient (Wildman–Crippen LogP) is 4.26. The molecule has 0 aliphatic carbocycles. The van der Waals surface area contributed by atoms with Gasteiger partial charge in [0.05, 0.1) is 12.9 Å². The summed E-state index contributed by atoms with van der Waals surface area (Å²) in [5.74, 6) is 0.977. The lowest BCUT2D eigenvalue weighted by atomic mass is 10.1. The maximum atomic E-state index is 5.67. The number of unbranched alkanes of at least 4 members (excludes halogenated alkanes) is 1. The summed E-state index contributed by atoms with van der Waals surface area (Å²) < 4.78 is 7.83. The van der Waals surface area contributed by atoms with Crippen molar-refractivity contribution in [1.82, 2.24) is 9.55 Å². The summed E-state index contributed by atoms with van der Waals surface area (Å²) >= 11 is 0. The van der Waals surface area contributed by atoms with Crippen LogP contribution < -0.4 is 4.74 Å². The minimum absolute atomic E-state index is 0.484. The lowest BCUT2D eigenvalue weighted by Crippen LogP contribution is -2.04. The van der Waals surface area contributed by atoms with Crippen LogP contribution in [0.1, 0.15) is 44.7 Å². The third-order valence-electron chi connectivity index (χ3n) is 3.57. The maximum Gasteiger partial charge on any atom is 0.119 e. The second kappa shape index (κ2) is 7.73. The first-order valence-electron chi connectivity index (χ1n) is 7.48. The molecular formula is C17H24N2O. The lowest BCUT2D eigenvalue weighted by molar-refractivity contribution is 0.309. The molecular weight excluding hydrogens is 248 g/mol. The average Bonchev–Trinajstić information content (AvgIpc) is 3.01. The Kier molecular flexibility index (Phi) is 5.66. The van der Waals surface area contributed by atoms with Crippen LogP contribution >= 0.6 is 0 Å². The van der Waals surface area contributed by atoms with Crippen LogP contribution in [-0.2, 0) is 6.42 Å². The van der Waals surface area contributed by atoms with Gasteiger partial charge in [-0.1, -0.05) is 25.5 Å². The largest absolute Gasteiger partial charge is 0.494 e. The number of hydrogen-bond acceptors (Lipinski definition) is 2. The summed E-state index contributed by atoms with van der Waals surface area (Å²) in [6.45, 7) is 5.21. The third-order valence-corrected chi connectivity index (χ3v) is 3.57. The molecule has 3 heteroatoms. The molecule has 0 N–H and O–H groups in total. The van der Waals surface area contributed by atoms with Crippen molar-refractivity contribution >= 4 is 0 Å². The van der Waals surface area contributed by atoms with E-state index in [2.05, 4.69) is 47.7 Å². The van der Waals surface area contributed by atoms with E-state index >= 15 is 0 Å². The van der Waals surface area contributed by atoms with E-state index in [4.69, 9.17) is 4.74 Å². The molecule has 108 valence electrons. The molecule has 0 aliphatic heterocycles. The standard InChI is InChI=1S/C17H24N2O/c1-3-4-13-20-17-9-7-16(8-10-17)6-5-15(2)19-12-11-18-14-19/h7-12,14-15H,3-6,13H2,1-2H3. The number of imidazole rings is 1. The molecule has 1 aromatic heterocycles. The molecule has 0 amide bonds. The van der Waals surface area contributed by atoms with Gasteiger partial charge in [-0.15, -0.1) is 0 Å². The monoisotopic (exact) mass is 272 g/mol. The van der Waals surface area contributed by atoms with E-state index in [1.165, 1.54) is 12.0 Å². The van der Waals surface area contributed by atoms with E-state index in [9.17, 15) is 0 Å². The van der Waals surface area contributed by atoms with Crippen LogP contribution in [0.2, 0.25) is 0 Å². The Morgan fingerprint density at radius 1 is 1.25 bits per heavy atom. The highest BCUT2D eigenvalue weighted by molar-refractivity contribution is 5.27. The molecule has 0 aliphatic rings. The van der Waals surface area contributed by atoms with Crippen molar-refractivity contribution in [3.05, 3.63) is 48.5 Å². The van der Waals surface area contributed by atoms with E-state index in [0.717, 1.165) is 31.6 Å². The number of nitrogens with zero attached hydrogens (tertiary/aromatic N) is 2. The predicted molar refractivity (Wildman–Crippen MR) is 82.1 cm³/mol. The van der Waals surface area contributed by atoms with Gasteiger partial charge in [0.15, 0.2) is 0 Å². The summed E-state index contributed by atoms with van der Waals surface area (Å²) in [7, 11) is 0. The summed E-state index contributed by atoms with van der Waals surface area (Å²) in [4.78, 5) is 4.09. The van der Waals surface area contributed by atoms with Gasteiger partial charge in [0.1, 0.15) is 5.75 Å². The van der Waals surface area contributed by atoms with Crippen molar-refractivity contribution in [2.24, 2.45) is 0 Å². The molecule has 2 rings (SSSR count). The molecule has 1 aromatic carbocycles. The van der Waals surface area contributed by atoms with Crippen molar-refractivity contribution in [3.63, 3.8) is 0 Å². The van der Waals surface area contributed by atoms with Crippen molar-refractivity contribution in [3.8, 4) is 5.75 Å². The van der Waals surface area contributed by atoms with Gasteiger partial charge in [0.25, 0.3) is 0 Å². The molecule has 2 aromatic rings. The van der Waals surface area contributed by atoms with Crippen molar-refractivity contribution in [2.45, 2.75) is 45.6 Å². The minimum Gasteiger partial charge on any atom is -0.494 e. The smallest absolute Gasteiger partial charge is 0.119 e. The Labute approximate surface area is 121 Å². The van der Waals surface area contributed by atoms with Crippen LogP contribution in [0.3, 0.4) is 0 Å². The number of hydrogen-bond donors (Lipinski definition) is 0. The fraction of sp³-hybridized carbons (Fsp3) is 0.471. The lowest BCUT2D eigenvalue weighted by Gasteiger charge is -2.13. The van der Waals surface area contributed by atoms with E-state index in [1.54, 1.807) is 0 Å². The van der Waals surface area contributed by atoms with Crippen LogP contribution in [0.15, 0.2) is 43.0 Å². The Bertz CT molecular complexity index is 476. The molecule has 0 spiro atoms. The Balaban J connectivity index is 1.78. The zero-order valence-corrected chi connectivity index (χ0v) is 12.5. The van der Waals surface area contributed by atoms with Crippen LogP contribution in [0.25, 0.3) is 0 Å². The third kappa shape index (κ3) is 4.41. The highest BCUT2D eigenvalue weighted by Gasteiger charge is 2.04. The quantitative estimate of drug-likeness (QED) is 0.671. The first kappa shape index (κ1) is 14.6. The second-order valence-electron chi connectivity index (χ2n) is 5.24. The molecule has 0 radical (unpaired) electrons. The Hall–Kier alpha value is -1.77. The molecule has 0 saturated carbocycles.